The second kappa shape index (κ2) is 8.08. The van der Waals surface area contributed by atoms with Crippen LogP contribution in [0, 0.1) is 13.8 Å². The molecule has 3 aromatic rings. The Labute approximate surface area is 172 Å². The summed E-state index contributed by atoms with van der Waals surface area (Å²) in [7, 11) is 1.85. The number of aromatic nitrogens is 6. The second-order valence-electron chi connectivity index (χ2n) is 6.95. The lowest BCUT2D eigenvalue weighted by atomic mass is 10.1. The molecule has 0 bridgehead atoms. The SMILES string of the molecule is Cc1nc(Nc2nnc(C)s2)cc([C@H]2CCCN2C(=O)/C=C/c2cnn(C)c2)n1. The van der Waals surface area contributed by atoms with E-state index in [0.717, 1.165) is 29.1 Å². The number of nitrogens with zero attached hydrogens (tertiary/aromatic N) is 7. The Morgan fingerprint density at radius 2 is 2.17 bits per heavy atom. The van der Waals surface area contributed by atoms with E-state index in [9.17, 15) is 4.79 Å². The molecule has 10 heteroatoms. The predicted molar refractivity (Wildman–Crippen MR) is 111 cm³/mol. The number of nitrogens with one attached hydrogen (secondary N) is 1. The van der Waals surface area contributed by atoms with Gasteiger partial charge in [-0.25, -0.2) is 9.97 Å². The van der Waals surface area contributed by atoms with Gasteiger partial charge >= 0.3 is 0 Å². The molecule has 0 radical (unpaired) electrons. The zero-order chi connectivity index (χ0) is 20.4. The molecule has 4 rings (SSSR count). The number of likely N-dealkylation sites (tertiary alicyclic amines) is 1. The lowest BCUT2D eigenvalue weighted by Crippen LogP contribution is -2.29. The molecule has 3 aromatic heterocycles. The van der Waals surface area contributed by atoms with E-state index in [2.05, 4.69) is 30.6 Å². The van der Waals surface area contributed by atoms with Crippen molar-refractivity contribution in [2.45, 2.75) is 32.7 Å². The minimum Gasteiger partial charge on any atom is -0.331 e. The Balaban J connectivity index is 1.53. The van der Waals surface area contributed by atoms with Crippen LogP contribution in [0.3, 0.4) is 0 Å². The molecule has 1 atom stereocenters. The molecule has 1 amide bonds. The number of rotatable bonds is 5. The summed E-state index contributed by atoms with van der Waals surface area (Å²) in [5.74, 6) is 1.28. The summed E-state index contributed by atoms with van der Waals surface area (Å²) >= 11 is 1.46. The molecular weight excluding hydrogens is 388 g/mol. The number of aryl methyl sites for hydroxylation is 3. The monoisotopic (exact) mass is 410 g/mol. The Hall–Kier alpha value is -3.14. The summed E-state index contributed by atoms with van der Waals surface area (Å²) in [5.41, 5.74) is 1.73. The van der Waals surface area contributed by atoms with Crippen molar-refractivity contribution in [2.75, 3.05) is 11.9 Å². The predicted octanol–water partition coefficient (Wildman–Crippen LogP) is 2.80. The maximum atomic E-state index is 12.8. The minimum absolute atomic E-state index is 0.0260. The fraction of sp³-hybridized carbons (Fsp3) is 0.368. The lowest BCUT2D eigenvalue weighted by molar-refractivity contribution is -0.126. The van der Waals surface area contributed by atoms with E-state index in [-0.39, 0.29) is 11.9 Å². The van der Waals surface area contributed by atoms with Gasteiger partial charge in [0.1, 0.15) is 16.6 Å². The van der Waals surface area contributed by atoms with Crippen LogP contribution in [0.15, 0.2) is 24.5 Å². The molecule has 1 aliphatic heterocycles. The average Bonchev–Trinajstić information content (AvgIpc) is 3.41. The smallest absolute Gasteiger partial charge is 0.247 e. The zero-order valence-electron chi connectivity index (χ0n) is 16.5. The van der Waals surface area contributed by atoms with Crippen LogP contribution < -0.4 is 5.32 Å². The molecule has 1 saturated heterocycles. The van der Waals surface area contributed by atoms with E-state index < -0.39 is 0 Å². The van der Waals surface area contributed by atoms with E-state index in [0.29, 0.717) is 23.3 Å². The van der Waals surface area contributed by atoms with Gasteiger partial charge in [0.25, 0.3) is 0 Å². The molecule has 0 saturated carbocycles. The third-order valence-electron chi connectivity index (χ3n) is 4.64. The van der Waals surface area contributed by atoms with Crippen LogP contribution in [-0.2, 0) is 11.8 Å². The number of anilines is 2. The van der Waals surface area contributed by atoms with Gasteiger partial charge in [0, 0.05) is 37.5 Å². The van der Waals surface area contributed by atoms with Gasteiger partial charge in [-0.05, 0) is 32.8 Å². The first-order valence-corrected chi connectivity index (χ1v) is 10.2. The van der Waals surface area contributed by atoms with Gasteiger partial charge in [-0.2, -0.15) is 5.10 Å². The summed E-state index contributed by atoms with van der Waals surface area (Å²) < 4.78 is 1.71. The van der Waals surface area contributed by atoms with Crippen molar-refractivity contribution < 1.29 is 4.79 Å². The molecule has 4 heterocycles. The number of hydrogen-bond acceptors (Lipinski definition) is 8. The van der Waals surface area contributed by atoms with Crippen LogP contribution in [0.1, 0.15) is 41.0 Å². The highest BCUT2D eigenvalue weighted by Crippen LogP contribution is 2.32. The van der Waals surface area contributed by atoms with Gasteiger partial charge in [-0.15, -0.1) is 10.2 Å². The van der Waals surface area contributed by atoms with Gasteiger partial charge in [0.05, 0.1) is 17.9 Å². The molecule has 29 heavy (non-hydrogen) atoms. The van der Waals surface area contributed by atoms with Crippen LogP contribution in [0.5, 0.6) is 0 Å². The molecule has 1 N–H and O–H groups in total. The van der Waals surface area contributed by atoms with Crippen LogP contribution in [0.4, 0.5) is 10.9 Å². The Kier molecular flexibility index (Phi) is 5.34. The van der Waals surface area contributed by atoms with E-state index >= 15 is 0 Å². The number of hydrogen-bond donors (Lipinski definition) is 1. The number of carbonyl (C=O) groups is 1. The molecule has 150 valence electrons. The average molecular weight is 411 g/mol. The van der Waals surface area contributed by atoms with Gasteiger partial charge in [0.2, 0.25) is 11.0 Å². The van der Waals surface area contributed by atoms with E-state index in [1.165, 1.54) is 11.3 Å². The topological polar surface area (TPSA) is 102 Å². The summed E-state index contributed by atoms with van der Waals surface area (Å²) in [6.07, 6.45) is 8.81. The van der Waals surface area contributed by atoms with E-state index in [1.54, 1.807) is 23.0 Å². The van der Waals surface area contributed by atoms with E-state index in [1.807, 2.05) is 38.1 Å². The molecule has 9 nitrogen and oxygen atoms in total. The van der Waals surface area contributed by atoms with Gasteiger partial charge in [0.15, 0.2) is 0 Å². The van der Waals surface area contributed by atoms with Gasteiger partial charge < -0.3 is 10.2 Å². The highest BCUT2D eigenvalue weighted by atomic mass is 32.1. The summed E-state index contributed by atoms with van der Waals surface area (Å²) in [6.45, 7) is 4.46. The van der Waals surface area contributed by atoms with Crippen molar-refractivity contribution in [3.05, 3.63) is 46.6 Å². The van der Waals surface area contributed by atoms with Crippen LogP contribution in [0.25, 0.3) is 6.08 Å². The first-order valence-electron chi connectivity index (χ1n) is 9.38. The summed E-state index contributed by atoms with van der Waals surface area (Å²) in [4.78, 5) is 23.7. The van der Waals surface area contributed by atoms with Crippen LogP contribution in [0.2, 0.25) is 0 Å². The van der Waals surface area contributed by atoms with Gasteiger partial charge in [-0.3, -0.25) is 9.48 Å². The molecule has 0 aromatic carbocycles. The normalized spacial score (nSPS) is 16.7. The number of carbonyl (C=O) groups excluding carboxylic acids is 1. The minimum atomic E-state index is -0.0699. The quantitative estimate of drug-likeness (QED) is 0.645. The molecule has 1 fully saturated rings. The third-order valence-corrected chi connectivity index (χ3v) is 5.39. The molecule has 0 aliphatic carbocycles. The van der Waals surface area contributed by atoms with Crippen molar-refractivity contribution in [3.8, 4) is 0 Å². The van der Waals surface area contributed by atoms with Crippen molar-refractivity contribution >= 4 is 34.3 Å². The molecular formula is C19H22N8OS. The third kappa shape index (κ3) is 4.48. The van der Waals surface area contributed by atoms with Crippen molar-refractivity contribution in [2.24, 2.45) is 7.05 Å². The summed E-state index contributed by atoms with van der Waals surface area (Å²) in [6, 6.07) is 1.82. The van der Waals surface area contributed by atoms with Crippen molar-refractivity contribution in [3.63, 3.8) is 0 Å². The maximum Gasteiger partial charge on any atom is 0.247 e. The Bertz CT molecular complexity index is 1060. The Morgan fingerprint density at radius 3 is 2.90 bits per heavy atom. The van der Waals surface area contributed by atoms with Crippen LogP contribution >= 0.6 is 11.3 Å². The largest absolute Gasteiger partial charge is 0.331 e. The second-order valence-corrected chi connectivity index (χ2v) is 8.13. The standard InChI is InChI=1S/C19H22N8OS/c1-12-21-15(9-17(22-12)23-19-25-24-13(2)29-19)16-5-4-8-27(16)18(28)7-6-14-10-20-26(3)11-14/h6-7,9-11,16H,4-5,8H2,1-3H3,(H,21,22,23,25)/b7-6+/t16-/m1/s1. The first-order chi connectivity index (χ1) is 14.0. The highest BCUT2D eigenvalue weighted by molar-refractivity contribution is 7.15. The zero-order valence-corrected chi connectivity index (χ0v) is 17.3. The Morgan fingerprint density at radius 1 is 1.31 bits per heavy atom. The van der Waals surface area contributed by atoms with Crippen molar-refractivity contribution in [1.29, 1.82) is 0 Å². The molecule has 0 spiro atoms. The van der Waals surface area contributed by atoms with Crippen molar-refractivity contribution in [1.82, 2.24) is 34.8 Å². The lowest BCUT2D eigenvalue weighted by Gasteiger charge is -2.23. The fourth-order valence-electron chi connectivity index (χ4n) is 3.41. The molecule has 0 unspecified atom stereocenters. The number of amides is 1. The fourth-order valence-corrected chi connectivity index (χ4v) is 4.01. The van der Waals surface area contributed by atoms with Gasteiger partial charge in [-0.1, -0.05) is 11.3 Å². The summed E-state index contributed by atoms with van der Waals surface area (Å²) in [5, 5.41) is 17.0. The molecule has 1 aliphatic rings. The highest BCUT2D eigenvalue weighted by Gasteiger charge is 2.30. The maximum absolute atomic E-state index is 12.8. The van der Waals surface area contributed by atoms with Crippen LogP contribution in [-0.4, -0.2) is 47.3 Å². The first kappa shape index (κ1) is 19.2. The van der Waals surface area contributed by atoms with E-state index in [4.69, 9.17) is 0 Å².